The number of hydrogen-bond acceptors (Lipinski definition) is 21. The third kappa shape index (κ3) is 10.9. The van der Waals surface area contributed by atoms with E-state index in [1.54, 1.807) is 6.26 Å². The van der Waals surface area contributed by atoms with Crippen LogP contribution in [0.5, 0.6) is 0 Å². The number of ether oxygens (including phenoxy) is 3. The molecule has 5 heterocycles. The van der Waals surface area contributed by atoms with E-state index in [1.165, 1.54) is 44.7 Å². The Morgan fingerprint density at radius 1 is 1.16 bits per heavy atom. The summed E-state index contributed by atoms with van der Waals surface area (Å²) < 4.78 is 59.4. The van der Waals surface area contributed by atoms with Gasteiger partial charge in [-0.2, -0.15) is 4.98 Å². The first-order valence-corrected chi connectivity index (χ1v) is 21.4. The predicted molar refractivity (Wildman–Crippen MR) is 191 cm³/mol. The average Bonchev–Trinajstić information content (AvgIpc) is 3.80. The van der Waals surface area contributed by atoms with Gasteiger partial charge in [0.05, 0.1) is 19.5 Å². The first-order valence-electron chi connectivity index (χ1n) is 15.8. The summed E-state index contributed by atoms with van der Waals surface area (Å²) in [5, 5.41) is 14.6. The molecular formula is C25H36N12O14P2S2. The Kier molecular flexibility index (Phi) is 14.2. The molecule has 0 amide bonds. The second kappa shape index (κ2) is 18.2. The standard InChI is InChI=1S/C25H36N12O14P2S2/c1-54-55-11(6-33-35-29)4-12(26)24(39)50-20-15(49-23(19(20)38)37-10-32-18-21(28)30-9-31-22(18)37)8-47-53(44,45)51-13-5-17(36-3-2-16(27)34-25(36)40)48-14(13)7-46-52(41,42)43/h2-3,9-15,17,19-20,23,38H,4-8,26H2,1H3,(H,44,45)(H2,27,34,40)(H2,28,30,31)(H2,41,42,43)/t11?,12?,13-,14+,15+,17+,19+,20+,23+/m0/s1. The number of phosphoric ester groups is 2. The lowest BCUT2D eigenvalue weighted by molar-refractivity contribution is -0.158. The lowest BCUT2D eigenvalue weighted by atomic mass is 10.1. The Labute approximate surface area is 317 Å². The van der Waals surface area contributed by atoms with Gasteiger partial charge in [-0.05, 0) is 24.3 Å². The first kappa shape index (κ1) is 42.7. The fourth-order valence-electron chi connectivity index (χ4n) is 5.61. The summed E-state index contributed by atoms with van der Waals surface area (Å²) in [6, 6.07) is 0.00509. The molecule has 10 N–H and O–H groups in total. The van der Waals surface area contributed by atoms with E-state index >= 15 is 0 Å². The van der Waals surface area contributed by atoms with Crippen LogP contribution in [0.15, 0.2) is 34.8 Å². The average molecular weight is 855 g/mol. The van der Waals surface area contributed by atoms with E-state index in [-0.39, 0.29) is 47.4 Å². The molecule has 5 rings (SSSR count). The Balaban J connectivity index is 1.34. The van der Waals surface area contributed by atoms with Crippen molar-refractivity contribution in [3.8, 4) is 0 Å². The molecule has 0 saturated carbocycles. The lowest BCUT2D eigenvalue weighted by Gasteiger charge is -2.25. The quantitative estimate of drug-likeness (QED) is 0.0216. The molecule has 0 bridgehead atoms. The maximum atomic E-state index is 13.4. The molecule has 2 aliphatic heterocycles. The van der Waals surface area contributed by atoms with Gasteiger partial charge in [-0.15, -0.1) is 0 Å². The van der Waals surface area contributed by atoms with Crippen LogP contribution in [-0.2, 0) is 41.7 Å². The molecule has 2 fully saturated rings. The fourth-order valence-corrected chi connectivity index (χ4v) is 8.83. The number of aliphatic hydroxyl groups is 1. The number of aliphatic hydroxyl groups excluding tert-OH is 1. The minimum Gasteiger partial charge on any atom is -0.455 e. The topological polar surface area (TPSA) is 393 Å². The molecule has 0 aliphatic carbocycles. The van der Waals surface area contributed by atoms with Crippen LogP contribution >= 0.6 is 37.2 Å². The number of anilines is 2. The third-order valence-electron chi connectivity index (χ3n) is 8.04. The number of fused-ring (bicyclic) bond motifs is 1. The van der Waals surface area contributed by atoms with E-state index in [4.69, 9.17) is 46.0 Å². The summed E-state index contributed by atoms with van der Waals surface area (Å²) >= 11 is 0. The summed E-state index contributed by atoms with van der Waals surface area (Å²) in [6.07, 6.45) is -5.16. The molecule has 302 valence electrons. The molecule has 55 heavy (non-hydrogen) atoms. The summed E-state index contributed by atoms with van der Waals surface area (Å²) in [7, 11) is -7.55. The summed E-state index contributed by atoms with van der Waals surface area (Å²) in [4.78, 5) is 73.5. The number of hydrogen-bond donors (Lipinski definition) is 7. The molecule has 3 aromatic heterocycles. The minimum absolute atomic E-state index is 0.00949. The van der Waals surface area contributed by atoms with Gasteiger partial charge in [0, 0.05) is 29.3 Å². The molecule has 3 aromatic rings. The molecular weight excluding hydrogens is 818 g/mol. The van der Waals surface area contributed by atoms with E-state index in [2.05, 4.69) is 34.5 Å². The summed E-state index contributed by atoms with van der Waals surface area (Å²) in [5.41, 5.74) is 25.7. The van der Waals surface area contributed by atoms with Crippen LogP contribution in [0.1, 0.15) is 25.3 Å². The highest BCUT2D eigenvalue weighted by Crippen LogP contribution is 2.50. The predicted octanol–water partition coefficient (Wildman–Crippen LogP) is -0.276. The Morgan fingerprint density at radius 3 is 2.60 bits per heavy atom. The van der Waals surface area contributed by atoms with E-state index in [1.807, 2.05) is 0 Å². The van der Waals surface area contributed by atoms with Gasteiger partial charge in [0.15, 0.2) is 23.8 Å². The van der Waals surface area contributed by atoms with Crippen molar-refractivity contribution < 1.29 is 61.5 Å². The van der Waals surface area contributed by atoms with Crippen LogP contribution in [0.3, 0.4) is 0 Å². The molecule has 0 aromatic carbocycles. The zero-order valence-electron chi connectivity index (χ0n) is 28.4. The van der Waals surface area contributed by atoms with Crippen molar-refractivity contribution in [2.24, 2.45) is 10.8 Å². The number of phosphoric acid groups is 2. The summed E-state index contributed by atoms with van der Waals surface area (Å²) in [5.74, 6) is -1.08. The van der Waals surface area contributed by atoms with Crippen molar-refractivity contribution in [2.45, 2.75) is 67.1 Å². The van der Waals surface area contributed by atoms with Gasteiger partial charge in [0.25, 0.3) is 0 Å². The van der Waals surface area contributed by atoms with Crippen LogP contribution in [0.25, 0.3) is 21.6 Å². The van der Waals surface area contributed by atoms with Crippen molar-refractivity contribution in [2.75, 3.05) is 37.5 Å². The smallest absolute Gasteiger partial charge is 0.455 e. The molecule has 2 aliphatic rings. The normalized spacial score (nSPS) is 26.3. The van der Waals surface area contributed by atoms with Crippen LogP contribution in [0, 0.1) is 0 Å². The van der Waals surface area contributed by atoms with Gasteiger partial charge < -0.3 is 51.2 Å². The monoisotopic (exact) mass is 854 g/mol. The Morgan fingerprint density at radius 2 is 1.91 bits per heavy atom. The Bertz CT molecular complexity index is 2040. The second-order valence-corrected chi connectivity index (χ2v) is 17.2. The van der Waals surface area contributed by atoms with Crippen molar-refractivity contribution in [1.29, 1.82) is 0 Å². The Hall–Kier alpha value is -3.43. The van der Waals surface area contributed by atoms with Gasteiger partial charge in [0.1, 0.15) is 54.3 Å². The number of nitrogen functional groups attached to an aromatic ring is 2. The maximum absolute atomic E-state index is 13.4. The van der Waals surface area contributed by atoms with E-state index in [0.717, 1.165) is 10.9 Å². The third-order valence-corrected chi connectivity index (χ3v) is 11.7. The molecule has 10 atom stereocenters. The molecule has 26 nitrogen and oxygen atoms in total. The number of nitrogens with two attached hydrogens (primary N) is 3. The van der Waals surface area contributed by atoms with E-state index in [9.17, 15) is 38.5 Å². The highest BCUT2D eigenvalue weighted by atomic mass is 33.1. The van der Waals surface area contributed by atoms with Gasteiger partial charge in [-0.3, -0.25) is 27.5 Å². The van der Waals surface area contributed by atoms with E-state index < -0.39 is 89.5 Å². The second-order valence-electron chi connectivity index (χ2n) is 11.8. The number of aromatic nitrogens is 6. The highest BCUT2D eigenvalue weighted by molar-refractivity contribution is 8.76. The number of carbonyl (C=O) groups excluding carboxylic acids is 1. The lowest BCUT2D eigenvalue weighted by Crippen LogP contribution is -2.44. The number of nitrogens with zero attached hydrogens (tertiary/aromatic N) is 9. The number of esters is 1. The summed E-state index contributed by atoms with van der Waals surface area (Å²) in [6.45, 7) is -1.68. The zero-order valence-corrected chi connectivity index (χ0v) is 31.8. The zero-order chi connectivity index (χ0) is 40.1. The van der Waals surface area contributed by atoms with Gasteiger partial charge in [-0.1, -0.05) is 26.7 Å². The molecule has 3 unspecified atom stereocenters. The first-order chi connectivity index (χ1) is 26.0. The largest absolute Gasteiger partial charge is 0.472 e. The fraction of sp³-hybridized carbons (Fsp3) is 0.600. The van der Waals surface area contributed by atoms with E-state index in [0.29, 0.717) is 0 Å². The van der Waals surface area contributed by atoms with Crippen molar-refractivity contribution in [3.63, 3.8) is 0 Å². The molecule has 0 radical (unpaired) electrons. The molecule has 2 saturated heterocycles. The molecule has 30 heteroatoms. The van der Waals surface area contributed by atoms with Gasteiger partial charge >= 0.3 is 27.3 Å². The van der Waals surface area contributed by atoms with Crippen LogP contribution in [0.2, 0.25) is 0 Å². The van der Waals surface area contributed by atoms with Crippen molar-refractivity contribution in [1.82, 2.24) is 29.1 Å². The van der Waals surface area contributed by atoms with Crippen molar-refractivity contribution in [3.05, 3.63) is 45.8 Å². The highest BCUT2D eigenvalue weighted by Gasteiger charge is 2.50. The van der Waals surface area contributed by atoms with Crippen molar-refractivity contribution >= 4 is 66.0 Å². The van der Waals surface area contributed by atoms with Gasteiger partial charge in [-0.25, -0.2) is 28.9 Å². The molecule has 0 spiro atoms. The number of imidazole rings is 1. The van der Waals surface area contributed by atoms with Crippen LogP contribution in [-0.4, -0.2) is 123 Å². The number of azide groups is 1. The van der Waals surface area contributed by atoms with Crippen LogP contribution < -0.4 is 22.9 Å². The van der Waals surface area contributed by atoms with Crippen LogP contribution in [0.4, 0.5) is 11.6 Å². The SMILES string of the molecule is CSSC(CN=[N+]=[N-])CC(N)C(=O)O[C@H]1[C@@H](O)[C@H](n2cnc3c(N)ncnc32)O[C@@H]1COP(=O)(O)O[C@H]1C[C@H](n2ccc(N)nc2=O)O[C@@H]1COP(=O)(O)O. The minimum atomic E-state index is -5.18. The number of rotatable bonds is 18. The van der Waals surface area contributed by atoms with Gasteiger partial charge in [0.2, 0.25) is 0 Å². The maximum Gasteiger partial charge on any atom is 0.472 e. The number of carbonyl (C=O) groups is 1.